The predicted molar refractivity (Wildman–Crippen MR) is 127 cm³/mol. The lowest BCUT2D eigenvalue weighted by Crippen LogP contribution is -2.34. The Morgan fingerprint density at radius 1 is 0.529 bits per heavy atom. The average Bonchev–Trinajstić information content (AvgIpc) is 2.75. The Hall–Kier alpha value is -3.90. The Morgan fingerprint density at radius 3 is 1.12 bits per heavy atom. The molecule has 4 amide bonds. The van der Waals surface area contributed by atoms with Gasteiger partial charge in [0.25, 0.3) is 20.0 Å². The molecule has 0 aromatic heterocycles. The molecule has 0 radical (unpaired) electrons. The first-order chi connectivity index (χ1) is 15.9. The van der Waals surface area contributed by atoms with Crippen molar-refractivity contribution in [2.24, 2.45) is 0 Å². The molecule has 3 aromatic carbocycles. The van der Waals surface area contributed by atoms with Gasteiger partial charge in [-0.1, -0.05) is 35.4 Å². The molecule has 0 atom stereocenters. The van der Waals surface area contributed by atoms with Crippen molar-refractivity contribution in [3.05, 3.63) is 83.9 Å². The Kier molecular flexibility index (Phi) is 7.23. The molecule has 0 bridgehead atoms. The molecule has 3 aromatic rings. The van der Waals surface area contributed by atoms with Gasteiger partial charge in [0.2, 0.25) is 0 Å². The van der Waals surface area contributed by atoms with Gasteiger partial charge in [0.1, 0.15) is 0 Å². The van der Waals surface area contributed by atoms with Gasteiger partial charge >= 0.3 is 12.1 Å². The molecule has 12 heteroatoms. The lowest BCUT2D eigenvalue weighted by atomic mass is 10.2. The van der Waals surface area contributed by atoms with E-state index in [1.807, 2.05) is 23.3 Å². The molecule has 0 aliphatic rings. The fourth-order valence-corrected chi connectivity index (χ4v) is 4.56. The van der Waals surface area contributed by atoms with E-state index in [9.17, 15) is 26.4 Å². The van der Waals surface area contributed by atoms with Gasteiger partial charge in [-0.3, -0.25) is 0 Å². The van der Waals surface area contributed by atoms with Crippen LogP contribution in [0.5, 0.6) is 0 Å². The second kappa shape index (κ2) is 9.93. The first-order valence-corrected chi connectivity index (χ1v) is 12.8. The maximum atomic E-state index is 12.3. The fraction of sp³-hybridized carbons (Fsp3) is 0.0909. The zero-order valence-corrected chi connectivity index (χ0v) is 19.8. The lowest BCUT2D eigenvalue weighted by Gasteiger charge is -2.11. The smallest absolute Gasteiger partial charge is 0.307 e. The van der Waals surface area contributed by atoms with Crippen LogP contribution in [0.4, 0.5) is 21.0 Å². The van der Waals surface area contributed by atoms with Crippen molar-refractivity contribution in [3.8, 4) is 0 Å². The van der Waals surface area contributed by atoms with Gasteiger partial charge in [-0.15, -0.1) is 0 Å². The van der Waals surface area contributed by atoms with Crippen molar-refractivity contribution < 1.29 is 26.4 Å². The monoisotopic (exact) mass is 502 g/mol. The van der Waals surface area contributed by atoms with Gasteiger partial charge < -0.3 is 10.6 Å². The van der Waals surface area contributed by atoms with E-state index in [1.165, 1.54) is 48.5 Å². The molecular formula is C22H22N4O6S2. The molecule has 0 aliphatic heterocycles. The SMILES string of the molecule is Cc1ccc(S(=O)(=O)NC(=O)Nc2ccc(NC(=O)NS(=O)(=O)c3ccc(C)cc3)cc2)cc1. The van der Waals surface area contributed by atoms with Gasteiger partial charge in [-0.05, 0) is 62.4 Å². The van der Waals surface area contributed by atoms with E-state index in [4.69, 9.17) is 0 Å². The minimum Gasteiger partial charge on any atom is -0.307 e. The van der Waals surface area contributed by atoms with Crippen molar-refractivity contribution in [2.75, 3.05) is 10.6 Å². The van der Waals surface area contributed by atoms with Gasteiger partial charge in [0.05, 0.1) is 9.79 Å². The van der Waals surface area contributed by atoms with Gasteiger partial charge in [-0.2, -0.15) is 0 Å². The van der Waals surface area contributed by atoms with Crippen LogP contribution in [-0.2, 0) is 20.0 Å². The van der Waals surface area contributed by atoms with Crippen LogP contribution in [0, 0.1) is 13.8 Å². The van der Waals surface area contributed by atoms with E-state index in [1.54, 1.807) is 24.3 Å². The second-order valence-electron chi connectivity index (χ2n) is 7.32. The zero-order valence-electron chi connectivity index (χ0n) is 18.2. The summed E-state index contributed by atoms with van der Waals surface area (Å²) in [6.45, 7) is 3.61. The van der Waals surface area contributed by atoms with E-state index < -0.39 is 32.1 Å². The number of hydrogen-bond acceptors (Lipinski definition) is 6. The summed E-state index contributed by atoms with van der Waals surface area (Å²) < 4.78 is 52.9. The minimum absolute atomic E-state index is 0.0561. The maximum Gasteiger partial charge on any atom is 0.333 e. The summed E-state index contributed by atoms with van der Waals surface area (Å²) in [7, 11) is -8.09. The summed E-state index contributed by atoms with van der Waals surface area (Å²) >= 11 is 0. The Morgan fingerprint density at radius 2 is 0.824 bits per heavy atom. The molecule has 4 N–H and O–H groups in total. The van der Waals surface area contributed by atoms with Crippen LogP contribution in [0.2, 0.25) is 0 Å². The molecule has 0 spiro atoms. The van der Waals surface area contributed by atoms with Crippen LogP contribution in [0.25, 0.3) is 0 Å². The van der Waals surface area contributed by atoms with Crippen molar-refractivity contribution >= 4 is 43.5 Å². The molecule has 178 valence electrons. The molecule has 0 unspecified atom stereocenters. The fourth-order valence-electron chi connectivity index (χ4n) is 2.75. The number of nitrogens with one attached hydrogen (secondary N) is 4. The standard InChI is InChI=1S/C22H22N4O6S2/c1-15-3-11-19(12-4-15)33(29,30)25-21(27)23-17-7-9-18(10-8-17)24-22(28)26-34(31,32)20-13-5-16(2)6-14-20/h3-14H,1-2H3,(H2,23,25,27)(H2,24,26,28). The normalized spacial score (nSPS) is 11.4. The summed E-state index contributed by atoms with van der Waals surface area (Å²) in [6.07, 6.45) is 0. The van der Waals surface area contributed by atoms with Gasteiger partial charge in [0.15, 0.2) is 0 Å². The number of carbonyl (C=O) groups excluding carboxylic acids is 2. The number of amides is 4. The first-order valence-electron chi connectivity index (χ1n) is 9.86. The number of aryl methyl sites for hydroxylation is 2. The number of anilines is 2. The topological polar surface area (TPSA) is 151 Å². The van der Waals surface area contributed by atoms with E-state index in [-0.39, 0.29) is 21.2 Å². The number of benzene rings is 3. The average molecular weight is 503 g/mol. The molecular weight excluding hydrogens is 480 g/mol. The zero-order chi connectivity index (χ0) is 24.9. The maximum absolute atomic E-state index is 12.3. The van der Waals surface area contributed by atoms with E-state index in [2.05, 4.69) is 10.6 Å². The van der Waals surface area contributed by atoms with Crippen LogP contribution >= 0.6 is 0 Å². The van der Waals surface area contributed by atoms with Gasteiger partial charge in [0, 0.05) is 11.4 Å². The van der Waals surface area contributed by atoms with E-state index in [0.29, 0.717) is 0 Å². The molecule has 0 saturated heterocycles. The first kappa shape index (κ1) is 24.7. The lowest BCUT2D eigenvalue weighted by molar-refractivity contribution is 0.255. The highest BCUT2D eigenvalue weighted by Gasteiger charge is 2.19. The molecule has 3 rings (SSSR count). The van der Waals surface area contributed by atoms with Crippen LogP contribution in [-0.4, -0.2) is 28.9 Å². The summed E-state index contributed by atoms with van der Waals surface area (Å²) in [5.74, 6) is 0. The molecule has 10 nitrogen and oxygen atoms in total. The largest absolute Gasteiger partial charge is 0.333 e. The highest BCUT2D eigenvalue weighted by Crippen LogP contribution is 2.15. The quantitative estimate of drug-likeness (QED) is 0.406. The van der Waals surface area contributed by atoms with Crippen LogP contribution in [0.3, 0.4) is 0 Å². The van der Waals surface area contributed by atoms with Crippen molar-refractivity contribution in [1.29, 1.82) is 0 Å². The summed E-state index contributed by atoms with van der Waals surface area (Å²) in [6, 6.07) is 15.7. The minimum atomic E-state index is -4.05. The van der Waals surface area contributed by atoms with E-state index in [0.717, 1.165) is 11.1 Å². The molecule has 0 fully saturated rings. The summed E-state index contributed by atoms with van der Waals surface area (Å²) in [5, 5.41) is 4.74. The van der Waals surface area contributed by atoms with Crippen molar-refractivity contribution in [3.63, 3.8) is 0 Å². The Labute approximate surface area is 197 Å². The number of hydrogen-bond donors (Lipinski definition) is 4. The second-order valence-corrected chi connectivity index (χ2v) is 10.7. The number of carbonyl (C=O) groups is 2. The Balaban J connectivity index is 1.57. The molecule has 0 saturated carbocycles. The van der Waals surface area contributed by atoms with Gasteiger partial charge in [-0.25, -0.2) is 35.9 Å². The van der Waals surface area contributed by atoms with Crippen LogP contribution in [0.15, 0.2) is 82.6 Å². The molecule has 34 heavy (non-hydrogen) atoms. The Bertz CT molecular complexity index is 1290. The molecule has 0 aliphatic carbocycles. The summed E-state index contributed by atoms with van der Waals surface area (Å²) in [5.41, 5.74) is 2.24. The van der Waals surface area contributed by atoms with E-state index >= 15 is 0 Å². The predicted octanol–water partition coefficient (Wildman–Crippen LogP) is 3.32. The molecule has 0 heterocycles. The third-order valence-corrected chi connectivity index (χ3v) is 7.21. The third-order valence-electron chi connectivity index (χ3n) is 4.52. The highest BCUT2D eigenvalue weighted by molar-refractivity contribution is 7.90. The number of rotatable bonds is 6. The summed E-state index contributed by atoms with van der Waals surface area (Å²) in [4.78, 5) is 24.1. The highest BCUT2D eigenvalue weighted by atomic mass is 32.2. The van der Waals surface area contributed by atoms with Crippen molar-refractivity contribution in [1.82, 2.24) is 9.44 Å². The van der Waals surface area contributed by atoms with Crippen molar-refractivity contribution in [2.45, 2.75) is 23.6 Å². The van der Waals surface area contributed by atoms with Crippen LogP contribution in [0.1, 0.15) is 11.1 Å². The van der Waals surface area contributed by atoms with Crippen LogP contribution < -0.4 is 20.1 Å². The number of urea groups is 2. The third kappa shape index (κ3) is 6.56. The number of sulfonamides is 2.